The number of hydrogen-bond acceptors (Lipinski definition) is 4. The molecule has 0 aromatic carbocycles. The molecule has 0 amide bonds. The van der Waals surface area contributed by atoms with Gasteiger partial charge in [-0.2, -0.15) is 0 Å². The average molecular weight is 934 g/mol. The van der Waals surface area contributed by atoms with Crippen molar-refractivity contribution in [1.29, 1.82) is 0 Å². The van der Waals surface area contributed by atoms with Gasteiger partial charge in [-0.1, -0.05) is 279 Å². The number of unbranched alkanes of at least 4 members (excludes halogenated alkanes) is 34. The van der Waals surface area contributed by atoms with Crippen molar-refractivity contribution in [3.8, 4) is 0 Å². The normalized spacial score (nSPS) is 13.2. The van der Waals surface area contributed by atoms with Crippen LogP contribution in [-0.4, -0.2) is 60.6 Å². The lowest BCUT2D eigenvalue weighted by molar-refractivity contribution is 0.221. The van der Waals surface area contributed by atoms with Crippen LogP contribution in [0.4, 0.5) is 0 Å². The Hall–Kier alpha value is 0.100. The minimum absolute atomic E-state index is 0.765. The molecule has 64 heavy (non-hydrogen) atoms. The summed E-state index contributed by atoms with van der Waals surface area (Å²) in [5.41, 5.74) is 0. The highest BCUT2D eigenvalue weighted by Gasteiger charge is 2.16. The molecule has 0 rings (SSSR count). The van der Waals surface area contributed by atoms with Gasteiger partial charge in [-0.05, 0) is 91.1 Å². The smallest absolute Gasteiger partial charge is 0.0165 e. The molecule has 2 unspecified atom stereocenters. The van der Waals surface area contributed by atoms with Crippen LogP contribution in [0, 0.1) is 0 Å². The van der Waals surface area contributed by atoms with Gasteiger partial charge in [0, 0.05) is 36.7 Å². The first-order chi connectivity index (χ1) is 31.6. The summed E-state index contributed by atoms with van der Waals surface area (Å²) in [7, 11) is 9.17. The highest BCUT2D eigenvalue weighted by molar-refractivity contribution is 8.76. The summed E-state index contributed by atoms with van der Waals surface area (Å²) >= 11 is 0. The Bertz CT molecular complexity index is 834. The zero-order chi connectivity index (χ0) is 46.5. The number of allylic oxidation sites excluding steroid dienone is 4. The van der Waals surface area contributed by atoms with E-state index in [4.69, 9.17) is 0 Å². The molecule has 2 atom stereocenters. The molecule has 0 bridgehead atoms. The maximum atomic E-state index is 2.75. The monoisotopic (exact) mass is 933 g/mol. The van der Waals surface area contributed by atoms with Gasteiger partial charge in [0.05, 0.1) is 0 Å². The molecule has 0 spiro atoms. The van der Waals surface area contributed by atoms with Crippen LogP contribution in [0.15, 0.2) is 24.3 Å². The van der Waals surface area contributed by atoms with Gasteiger partial charge in [0.2, 0.25) is 0 Å². The lowest BCUT2D eigenvalue weighted by Crippen LogP contribution is -2.34. The van der Waals surface area contributed by atoms with Crippen LogP contribution in [-0.2, 0) is 0 Å². The highest BCUT2D eigenvalue weighted by atomic mass is 33.1. The van der Waals surface area contributed by atoms with Crippen LogP contribution >= 0.6 is 21.6 Å². The topological polar surface area (TPSA) is 6.48 Å². The van der Waals surface area contributed by atoms with Crippen molar-refractivity contribution in [3.63, 3.8) is 0 Å². The van der Waals surface area contributed by atoms with Crippen molar-refractivity contribution >= 4 is 21.6 Å². The lowest BCUT2D eigenvalue weighted by atomic mass is 9.99. The molecule has 0 saturated carbocycles. The Morgan fingerprint density at radius 3 is 0.750 bits per heavy atom. The minimum atomic E-state index is 0.765. The third-order valence-electron chi connectivity index (χ3n) is 14.3. The van der Waals surface area contributed by atoms with Gasteiger partial charge >= 0.3 is 0 Å². The SMILES string of the molecule is CCCCCCCCCCC/C=C\CCCCC(CCCCCCCCC)N(C)CCSSCCN(C)C(CCCC/C=C\CCCCCCCCCCC)CCCCCCCCC. The third-order valence-corrected chi connectivity index (χ3v) is 16.6. The summed E-state index contributed by atoms with van der Waals surface area (Å²) in [6.45, 7) is 11.8. The van der Waals surface area contributed by atoms with E-state index in [-0.39, 0.29) is 0 Å². The van der Waals surface area contributed by atoms with Gasteiger partial charge in [0.15, 0.2) is 0 Å². The Morgan fingerprint density at radius 1 is 0.281 bits per heavy atom. The van der Waals surface area contributed by atoms with E-state index in [2.05, 4.69) is 97.5 Å². The molecule has 0 aromatic rings. The Labute approximate surface area is 414 Å². The molecule has 0 heterocycles. The Balaban J connectivity index is 4.57. The maximum Gasteiger partial charge on any atom is 0.0165 e. The summed E-state index contributed by atoms with van der Waals surface area (Å²) in [6.07, 6.45) is 71.8. The molecule has 0 aliphatic rings. The van der Waals surface area contributed by atoms with Gasteiger partial charge in [-0.3, -0.25) is 0 Å². The first kappa shape index (κ1) is 64.1. The lowest BCUT2D eigenvalue weighted by Gasteiger charge is -2.29. The molecule has 4 heteroatoms. The van der Waals surface area contributed by atoms with Crippen molar-refractivity contribution in [3.05, 3.63) is 24.3 Å². The van der Waals surface area contributed by atoms with Crippen LogP contribution in [0.5, 0.6) is 0 Å². The molecular weight excluding hydrogens is 813 g/mol. The second-order valence-electron chi connectivity index (χ2n) is 20.5. The quantitative estimate of drug-likeness (QED) is 0.0340. The van der Waals surface area contributed by atoms with Crippen LogP contribution in [0.3, 0.4) is 0 Å². The van der Waals surface area contributed by atoms with E-state index in [1.54, 1.807) is 0 Å². The molecule has 0 N–H and O–H groups in total. The number of rotatable bonds is 55. The summed E-state index contributed by atoms with van der Waals surface area (Å²) < 4.78 is 0. The van der Waals surface area contributed by atoms with Crippen molar-refractivity contribution in [2.75, 3.05) is 38.7 Å². The fourth-order valence-electron chi connectivity index (χ4n) is 9.59. The zero-order valence-corrected chi connectivity index (χ0v) is 46.7. The van der Waals surface area contributed by atoms with Crippen LogP contribution in [0.1, 0.15) is 310 Å². The summed E-state index contributed by atoms with van der Waals surface area (Å²) in [4.78, 5) is 5.50. The van der Waals surface area contributed by atoms with E-state index in [0.717, 1.165) is 12.1 Å². The average Bonchev–Trinajstić information content (AvgIpc) is 3.30. The predicted molar refractivity (Wildman–Crippen MR) is 302 cm³/mol. The maximum absolute atomic E-state index is 2.75. The Morgan fingerprint density at radius 2 is 0.484 bits per heavy atom. The molecule has 0 saturated heterocycles. The molecule has 0 aliphatic heterocycles. The molecular formula is C60H120N2S2. The molecule has 0 radical (unpaired) electrons. The molecule has 0 aromatic heterocycles. The van der Waals surface area contributed by atoms with E-state index in [1.165, 1.54) is 307 Å². The van der Waals surface area contributed by atoms with Gasteiger partial charge in [-0.15, -0.1) is 0 Å². The third kappa shape index (κ3) is 48.6. The van der Waals surface area contributed by atoms with Crippen molar-refractivity contribution in [2.24, 2.45) is 0 Å². The highest BCUT2D eigenvalue weighted by Crippen LogP contribution is 2.25. The number of hydrogen-bond donors (Lipinski definition) is 0. The molecule has 2 nitrogen and oxygen atoms in total. The fraction of sp³-hybridized carbons (Fsp3) is 0.933. The first-order valence-electron chi connectivity index (χ1n) is 29.5. The van der Waals surface area contributed by atoms with E-state index >= 15 is 0 Å². The van der Waals surface area contributed by atoms with E-state index in [9.17, 15) is 0 Å². The largest absolute Gasteiger partial charge is 0.303 e. The molecule has 382 valence electrons. The summed E-state index contributed by atoms with van der Waals surface area (Å²) in [5, 5.41) is 0. The predicted octanol–water partition coefficient (Wildman–Crippen LogP) is 21.3. The van der Waals surface area contributed by atoms with Gasteiger partial charge in [-0.25, -0.2) is 0 Å². The zero-order valence-electron chi connectivity index (χ0n) is 45.1. The van der Waals surface area contributed by atoms with E-state index in [0.29, 0.717) is 0 Å². The van der Waals surface area contributed by atoms with Crippen LogP contribution in [0.25, 0.3) is 0 Å². The summed E-state index contributed by atoms with van der Waals surface area (Å²) in [5.74, 6) is 2.52. The second kappa shape index (κ2) is 55.7. The van der Waals surface area contributed by atoms with E-state index in [1.807, 2.05) is 0 Å². The second-order valence-corrected chi connectivity index (χ2v) is 23.2. The van der Waals surface area contributed by atoms with Crippen molar-refractivity contribution in [1.82, 2.24) is 9.80 Å². The first-order valence-corrected chi connectivity index (χ1v) is 32.0. The fourth-order valence-corrected chi connectivity index (χ4v) is 11.7. The Kier molecular flexibility index (Phi) is 55.8. The van der Waals surface area contributed by atoms with Gasteiger partial charge in [0.1, 0.15) is 0 Å². The van der Waals surface area contributed by atoms with Crippen LogP contribution < -0.4 is 0 Å². The summed E-state index contributed by atoms with van der Waals surface area (Å²) in [6, 6.07) is 1.53. The van der Waals surface area contributed by atoms with E-state index < -0.39 is 0 Å². The van der Waals surface area contributed by atoms with Gasteiger partial charge in [0.25, 0.3) is 0 Å². The molecule has 0 aliphatic carbocycles. The molecule has 0 fully saturated rings. The van der Waals surface area contributed by atoms with Crippen molar-refractivity contribution in [2.45, 2.75) is 322 Å². The van der Waals surface area contributed by atoms with Crippen LogP contribution in [0.2, 0.25) is 0 Å². The minimum Gasteiger partial charge on any atom is -0.303 e. The number of nitrogens with zero attached hydrogens (tertiary/aromatic N) is 2. The van der Waals surface area contributed by atoms with Crippen molar-refractivity contribution < 1.29 is 0 Å². The standard InChI is InChI=1S/C60H120N2S2/c1-7-11-15-19-23-25-27-29-31-33-35-37-41-45-49-53-59(51-47-43-39-21-17-13-9-3)61(5)55-57-63-64-58-56-62(6)60(52-48-44-40-22-18-14-10-4)54-50-46-42-38-36-34-32-30-28-26-24-20-16-12-8-2/h35-38,59-60H,7-34,39-58H2,1-6H3/b37-35-,38-36-. The van der Waals surface area contributed by atoms with Gasteiger partial charge < -0.3 is 9.80 Å².